The second-order valence-electron chi connectivity index (χ2n) is 6.02. The number of rotatable bonds is 6. The fourth-order valence-corrected chi connectivity index (χ4v) is 4.96. The van der Waals surface area contributed by atoms with Crippen LogP contribution in [-0.4, -0.2) is 22.4 Å². The summed E-state index contributed by atoms with van der Waals surface area (Å²) >= 11 is 10.1. The Labute approximate surface area is 193 Å². The van der Waals surface area contributed by atoms with Crippen molar-refractivity contribution in [2.24, 2.45) is 9.98 Å². The van der Waals surface area contributed by atoms with Crippen molar-refractivity contribution >= 4 is 77.2 Å². The largest absolute Gasteiger partial charge is 0.227 e. The molecule has 4 rings (SSSR count). The van der Waals surface area contributed by atoms with Crippen LogP contribution >= 0.6 is 54.5 Å². The molecule has 0 aliphatic rings. The van der Waals surface area contributed by atoms with Crippen molar-refractivity contribution in [1.29, 1.82) is 0 Å². The minimum Gasteiger partial charge on any atom is -0.227 e. The SMILES string of the molecule is Brc1cccc(/C=N/c2ncc(Cc3cnc(/N=C/c4cccc(Br)c4)s3)s2)c1. The van der Waals surface area contributed by atoms with Crippen LogP contribution in [0.15, 0.2) is 79.9 Å². The Bertz CT molecular complexity index is 1090. The number of benzene rings is 2. The standard InChI is InChI=1S/C21H14Br2N4S2/c22-16-5-1-3-14(7-16)10-24-20-26-12-18(28-20)9-19-13-27-21(29-19)25-11-15-4-2-6-17(23)8-15/h1-8,10-13H,9H2/b24-10+,25-11+. The van der Waals surface area contributed by atoms with Crippen molar-refractivity contribution in [3.8, 4) is 0 Å². The lowest BCUT2D eigenvalue weighted by atomic mass is 10.2. The monoisotopic (exact) mass is 544 g/mol. The van der Waals surface area contributed by atoms with E-state index in [4.69, 9.17) is 0 Å². The fourth-order valence-electron chi connectivity index (χ4n) is 2.48. The van der Waals surface area contributed by atoms with Gasteiger partial charge in [0.2, 0.25) is 10.3 Å². The van der Waals surface area contributed by atoms with Crippen molar-refractivity contribution in [3.05, 3.63) is 90.8 Å². The van der Waals surface area contributed by atoms with Crippen LogP contribution in [0.3, 0.4) is 0 Å². The molecule has 0 aliphatic heterocycles. The molecule has 0 unspecified atom stereocenters. The molecule has 0 saturated carbocycles. The first-order chi connectivity index (χ1) is 14.1. The molecule has 2 aromatic carbocycles. The van der Waals surface area contributed by atoms with E-state index in [1.807, 2.05) is 73.4 Å². The zero-order valence-electron chi connectivity index (χ0n) is 15.0. The molecular weight excluding hydrogens is 532 g/mol. The topological polar surface area (TPSA) is 50.5 Å². The maximum Gasteiger partial charge on any atom is 0.209 e. The highest BCUT2D eigenvalue weighted by molar-refractivity contribution is 9.10. The zero-order chi connectivity index (χ0) is 20.1. The molecular formula is C21H14Br2N4S2. The van der Waals surface area contributed by atoms with Crippen LogP contribution in [0, 0.1) is 0 Å². The van der Waals surface area contributed by atoms with E-state index < -0.39 is 0 Å². The molecule has 0 spiro atoms. The van der Waals surface area contributed by atoms with Crippen molar-refractivity contribution in [2.75, 3.05) is 0 Å². The van der Waals surface area contributed by atoms with Gasteiger partial charge in [0.1, 0.15) is 0 Å². The summed E-state index contributed by atoms with van der Waals surface area (Å²) in [6.07, 6.45) is 8.20. The van der Waals surface area contributed by atoms with Crippen LogP contribution in [0.4, 0.5) is 10.3 Å². The van der Waals surface area contributed by atoms with Gasteiger partial charge in [0.25, 0.3) is 0 Å². The Hall–Kier alpha value is -2.00. The average Bonchev–Trinajstić information content (AvgIpc) is 3.35. The summed E-state index contributed by atoms with van der Waals surface area (Å²) in [5, 5.41) is 1.50. The molecule has 4 aromatic rings. The molecule has 0 amide bonds. The molecule has 8 heteroatoms. The lowest BCUT2D eigenvalue weighted by Crippen LogP contribution is -1.78. The summed E-state index contributed by atoms with van der Waals surface area (Å²) in [6, 6.07) is 16.0. The maximum atomic E-state index is 4.48. The van der Waals surface area contributed by atoms with Gasteiger partial charge >= 0.3 is 0 Å². The molecule has 0 saturated heterocycles. The summed E-state index contributed by atoms with van der Waals surface area (Å²) in [4.78, 5) is 20.1. The van der Waals surface area contributed by atoms with E-state index in [1.165, 1.54) is 0 Å². The summed E-state index contributed by atoms with van der Waals surface area (Å²) < 4.78 is 2.06. The highest BCUT2D eigenvalue weighted by atomic mass is 79.9. The number of aromatic nitrogens is 2. The molecule has 4 nitrogen and oxygen atoms in total. The molecule has 0 fully saturated rings. The molecule has 29 heavy (non-hydrogen) atoms. The molecule has 0 bridgehead atoms. The molecule has 144 valence electrons. The number of hydrogen-bond donors (Lipinski definition) is 0. The molecule has 0 atom stereocenters. The minimum absolute atomic E-state index is 0.748. The minimum atomic E-state index is 0.748. The number of thiazole rings is 2. The lowest BCUT2D eigenvalue weighted by Gasteiger charge is -1.93. The number of nitrogens with zero attached hydrogens (tertiary/aromatic N) is 4. The maximum absolute atomic E-state index is 4.48. The molecule has 2 heterocycles. The van der Waals surface area contributed by atoms with Crippen LogP contribution in [0.1, 0.15) is 20.9 Å². The summed E-state index contributed by atoms with van der Waals surface area (Å²) in [7, 11) is 0. The quantitative estimate of drug-likeness (QED) is 0.240. The van der Waals surface area contributed by atoms with Gasteiger partial charge in [-0.05, 0) is 35.4 Å². The van der Waals surface area contributed by atoms with Crippen molar-refractivity contribution in [1.82, 2.24) is 9.97 Å². The molecule has 0 N–H and O–H groups in total. The van der Waals surface area contributed by atoms with Crippen LogP contribution in [0.2, 0.25) is 0 Å². The zero-order valence-corrected chi connectivity index (χ0v) is 19.8. The van der Waals surface area contributed by atoms with Gasteiger partial charge in [-0.3, -0.25) is 0 Å². The third kappa shape index (κ3) is 5.99. The predicted molar refractivity (Wildman–Crippen MR) is 130 cm³/mol. The van der Waals surface area contributed by atoms with Gasteiger partial charge in [0.05, 0.1) is 0 Å². The van der Waals surface area contributed by atoms with Gasteiger partial charge in [0.15, 0.2) is 0 Å². The van der Waals surface area contributed by atoms with Crippen LogP contribution in [0.5, 0.6) is 0 Å². The first-order valence-electron chi connectivity index (χ1n) is 8.63. The highest BCUT2D eigenvalue weighted by Gasteiger charge is 2.06. The fraction of sp³-hybridized carbons (Fsp3) is 0.0476. The van der Waals surface area contributed by atoms with Gasteiger partial charge in [-0.1, -0.05) is 78.8 Å². The van der Waals surface area contributed by atoms with Gasteiger partial charge in [0, 0.05) is 49.9 Å². The highest BCUT2D eigenvalue weighted by Crippen LogP contribution is 2.28. The number of hydrogen-bond acceptors (Lipinski definition) is 6. The van der Waals surface area contributed by atoms with Crippen LogP contribution < -0.4 is 0 Å². The Morgan fingerprint density at radius 2 is 1.24 bits per heavy atom. The van der Waals surface area contributed by atoms with E-state index in [1.54, 1.807) is 22.7 Å². The third-order valence-corrected chi connectivity index (χ3v) is 6.57. The van der Waals surface area contributed by atoms with Gasteiger partial charge < -0.3 is 0 Å². The third-order valence-electron chi connectivity index (χ3n) is 3.78. The Balaban J connectivity index is 1.39. The summed E-state index contributed by atoms with van der Waals surface area (Å²) in [5.41, 5.74) is 2.07. The molecule has 0 aliphatic carbocycles. The van der Waals surface area contributed by atoms with E-state index in [0.717, 1.165) is 46.5 Å². The van der Waals surface area contributed by atoms with E-state index in [9.17, 15) is 0 Å². The number of halogens is 2. The number of aliphatic imine (C=N–C) groups is 2. The summed E-state index contributed by atoms with van der Waals surface area (Å²) in [6.45, 7) is 0. The normalized spacial score (nSPS) is 11.7. The Kier molecular flexibility index (Phi) is 6.76. The first-order valence-corrected chi connectivity index (χ1v) is 11.8. The molecule has 0 radical (unpaired) electrons. The van der Waals surface area contributed by atoms with E-state index in [0.29, 0.717) is 0 Å². The van der Waals surface area contributed by atoms with Crippen LogP contribution in [0.25, 0.3) is 0 Å². The van der Waals surface area contributed by atoms with Gasteiger partial charge in [-0.15, -0.1) is 0 Å². The van der Waals surface area contributed by atoms with Crippen molar-refractivity contribution in [3.63, 3.8) is 0 Å². The van der Waals surface area contributed by atoms with Crippen molar-refractivity contribution < 1.29 is 0 Å². The molecule has 2 aromatic heterocycles. The van der Waals surface area contributed by atoms with E-state index in [-0.39, 0.29) is 0 Å². The average molecular weight is 546 g/mol. The van der Waals surface area contributed by atoms with Crippen LogP contribution in [-0.2, 0) is 6.42 Å². The second-order valence-corrected chi connectivity index (χ2v) is 10.0. The smallest absolute Gasteiger partial charge is 0.209 e. The summed E-state index contributed by atoms with van der Waals surface area (Å²) in [5.74, 6) is 0. The first kappa shape index (κ1) is 20.3. The second kappa shape index (κ2) is 9.67. The van der Waals surface area contributed by atoms with E-state index >= 15 is 0 Å². The van der Waals surface area contributed by atoms with Gasteiger partial charge in [-0.2, -0.15) is 0 Å². The van der Waals surface area contributed by atoms with Crippen molar-refractivity contribution in [2.45, 2.75) is 6.42 Å². The van der Waals surface area contributed by atoms with E-state index in [2.05, 4.69) is 51.8 Å². The Morgan fingerprint density at radius 3 is 1.69 bits per heavy atom. The Morgan fingerprint density at radius 1 is 0.759 bits per heavy atom. The predicted octanol–water partition coefficient (Wildman–Crippen LogP) is 7.22. The lowest BCUT2D eigenvalue weighted by molar-refractivity contribution is 1.23. The van der Waals surface area contributed by atoms with Gasteiger partial charge in [-0.25, -0.2) is 20.0 Å².